The Kier molecular flexibility index (Phi) is 6.98. The monoisotopic (exact) mass is 278 g/mol. The molecule has 0 bridgehead atoms. The summed E-state index contributed by atoms with van der Waals surface area (Å²) in [6.45, 7) is 5.94. The third-order valence-electron chi connectivity index (χ3n) is 3.08. The van der Waals surface area contributed by atoms with Crippen molar-refractivity contribution >= 4 is 5.97 Å². The number of ether oxygens (including phenoxy) is 3. The standard InChI is InChI=1S/C16H22O4/c1-5-20-15(17)12(2)14(16(18-3)19-4)11-13-9-7-6-8-10-13/h6-10,14,16H,2,5,11H2,1,3-4H3/t14-/m0/s1. The van der Waals surface area contributed by atoms with E-state index < -0.39 is 12.3 Å². The maximum atomic E-state index is 11.9. The van der Waals surface area contributed by atoms with Crippen LogP contribution in [0.15, 0.2) is 42.5 Å². The average molecular weight is 278 g/mol. The highest BCUT2D eigenvalue weighted by Gasteiger charge is 2.29. The Labute approximate surface area is 120 Å². The van der Waals surface area contributed by atoms with Gasteiger partial charge in [-0.2, -0.15) is 0 Å². The molecule has 0 aliphatic carbocycles. The van der Waals surface area contributed by atoms with Gasteiger partial charge < -0.3 is 14.2 Å². The Bertz CT molecular complexity index is 423. The van der Waals surface area contributed by atoms with E-state index in [-0.39, 0.29) is 5.92 Å². The molecular formula is C16H22O4. The van der Waals surface area contributed by atoms with Crippen molar-refractivity contribution < 1.29 is 19.0 Å². The summed E-state index contributed by atoms with van der Waals surface area (Å²) in [4.78, 5) is 11.9. The molecule has 0 amide bonds. The molecule has 0 aliphatic rings. The normalized spacial score (nSPS) is 12.2. The molecule has 4 nitrogen and oxygen atoms in total. The van der Waals surface area contributed by atoms with E-state index in [0.29, 0.717) is 18.6 Å². The van der Waals surface area contributed by atoms with Gasteiger partial charge in [0.05, 0.1) is 6.61 Å². The summed E-state index contributed by atoms with van der Waals surface area (Å²) in [5.74, 6) is -0.695. The van der Waals surface area contributed by atoms with Crippen LogP contribution in [0.4, 0.5) is 0 Å². The second-order valence-electron chi connectivity index (χ2n) is 4.38. The zero-order valence-corrected chi connectivity index (χ0v) is 12.3. The molecule has 0 radical (unpaired) electrons. The van der Waals surface area contributed by atoms with Crippen molar-refractivity contribution in [2.24, 2.45) is 5.92 Å². The predicted octanol–water partition coefficient (Wildman–Crippen LogP) is 2.58. The molecule has 0 unspecified atom stereocenters. The molecule has 1 aromatic carbocycles. The van der Waals surface area contributed by atoms with E-state index in [1.807, 2.05) is 30.3 Å². The molecule has 20 heavy (non-hydrogen) atoms. The Hall–Kier alpha value is -1.65. The molecule has 0 aromatic heterocycles. The lowest BCUT2D eigenvalue weighted by atomic mass is 9.92. The Balaban J connectivity index is 2.90. The van der Waals surface area contributed by atoms with E-state index in [2.05, 4.69) is 6.58 Å². The number of carbonyl (C=O) groups excluding carboxylic acids is 1. The number of hydrogen-bond donors (Lipinski definition) is 0. The lowest BCUT2D eigenvalue weighted by Crippen LogP contribution is -2.31. The third kappa shape index (κ3) is 4.47. The summed E-state index contributed by atoms with van der Waals surface area (Å²) in [6, 6.07) is 9.84. The maximum Gasteiger partial charge on any atom is 0.333 e. The highest BCUT2D eigenvalue weighted by molar-refractivity contribution is 5.88. The number of carbonyl (C=O) groups is 1. The van der Waals surface area contributed by atoms with Gasteiger partial charge in [-0.25, -0.2) is 4.79 Å². The molecule has 1 rings (SSSR count). The van der Waals surface area contributed by atoms with Gasteiger partial charge in [-0.3, -0.25) is 0 Å². The molecule has 110 valence electrons. The quantitative estimate of drug-likeness (QED) is 0.416. The van der Waals surface area contributed by atoms with Gasteiger partial charge in [-0.15, -0.1) is 0 Å². The van der Waals surface area contributed by atoms with Gasteiger partial charge >= 0.3 is 5.97 Å². The summed E-state index contributed by atoms with van der Waals surface area (Å²) >= 11 is 0. The molecule has 0 saturated carbocycles. The second kappa shape index (κ2) is 8.51. The largest absolute Gasteiger partial charge is 0.463 e. The smallest absolute Gasteiger partial charge is 0.333 e. The maximum absolute atomic E-state index is 11.9. The van der Waals surface area contributed by atoms with Crippen LogP contribution in [0.25, 0.3) is 0 Å². The van der Waals surface area contributed by atoms with Gasteiger partial charge in [0.25, 0.3) is 0 Å². The zero-order valence-electron chi connectivity index (χ0n) is 12.3. The summed E-state index contributed by atoms with van der Waals surface area (Å²) in [5.41, 5.74) is 1.45. The minimum Gasteiger partial charge on any atom is -0.463 e. The number of rotatable bonds is 8. The molecule has 0 spiro atoms. The predicted molar refractivity (Wildman–Crippen MR) is 77.2 cm³/mol. The average Bonchev–Trinajstić information content (AvgIpc) is 2.48. The van der Waals surface area contributed by atoms with Gasteiger partial charge in [-0.05, 0) is 18.9 Å². The first kappa shape index (κ1) is 16.4. The Morgan fingerprint density at radius 3 is 2.30 bits per heavy atom. The van der Waals surface area contributed by atoms with Crippen LogP contribution in [0.3, 0.4) is 0 Å². The number of esters is 1. The van der Waals surface area contributed by atoms with Gasteiger partial charge in [-0.1, -0.05) is 36.9 Å². The summed E-state index contributed by atoms with van der Waals surface area (Å²) in [5, 5.41) is 0. The fourth-order valence-corrected chi connectivity index (χ4v) is 2.05. The van der Waals surface area contributed by atoms with Crippen molar-refractivity contribution in [1.82, 2.24) is 0 Å². The minimum atomic E-state index is -0.535. The van der Waals surface area contributed by atoms with Crippen molar-refractivity contribution in [2.45, 2.75) is 19.6 Å². The first-order chi connectivity index (χ1) is 9.63. The fraction of sp³-hybridized carbons (Fsp3) is 0.438. The number of hydrogen-bond acceptors (Lipinski definition) is 4. The zero-order chi connectivity index (χ0) is 15.0. The minimum absolute atomic E-state index is 0.286. The van der Waals surface area contributed by atoms with Crippen molar-refractivity contribution in [3.63, 3.8) is 0 Å². The molecule has 0 N–H and O–H groups in total. The van der Waals surface area contributed by atoms with Crippen LogP contribution in [0.2, 0.25) is 0 Å². The van der Waals surface area contributed by atoms with Crippen LogP contribution in [0.5, 0.6) is 0 Å². The van der Waals surface area contributed by atoms with Crippen LogP contribution < -0.4 is 0 Å². The molecule has 0 saturated heterocycles. The molecule has 0 fully saturated rings. The Morgan fingerprint density at radius 2 is 1.80 bits per heavy atom. The van der Waals surface area contributed by atoms with Gasteiger partial charge in [0, 0.05) is 25.7 Å². The second-order valence-corrected chi connectivity index (χ2v) is 4.38. The van der Waals surface area contributed by atoms with Crippen molar-refractivity contribution in [3.8, 4) is 0 Å². The van der Waals surface area contributed by atoms with E-state index in [4.69, 9.17) is 14.2 Å². The highest BCUT2D eigenvalue weighted by Crippen LogP contribution is 2.23. The van der Waals surface area contributed by atoms with E-state index in [0.717, 1.165) is 5.56 Å². The van der Waals surface area contributed by atoms with Crippen molar-refractivity contribution in [2.75, 3.05) is 20.8 Å². The van der Waals surface area contributed by atoms with Crippen LogP contribution in [0, 0.1) is 5.92 Å². The number of benzene rings is 1. The lowest BCUT2D eigenvalue weighted by Gasteiger charge is -2.25. The van der Waals surface area contributed by atoms with E-state index >= 15 is 0 Å². The van der Waals surface area contributed by atoms with E-state index in [1.165, 1.54) is 0 Å². The Morgan fingerprint density at radius 1 is 1.20 bits per heavy atom. The fourth-order valence-electron chi connectivity index (χ4n) is 2.05. The highest BCUT2D eigenvalue weighted by atomic mass is 16.7. The van der Waals surface area contributed by atoms with Crippen LogP contribution >= 0.6 is 0 Å². The van der Waals surface area contributed by atoms with Gasteiger partial charge in [0.1, 0.15) is 0 Å². The first-order valence-electron chi connectivity index (χ1n) is 6.59. The topological polar surface area (TPSA) is 44.8 Å². The van der Waals surface area contributed by atoms with Gasteiger partial charge in [0.15, 0.2) is 6.29 Å². The SMILES string of the molecule is C=C(C(=O)OCC)[C@H](Cc1ccccc1)C(OC)OC. The summed E-state index contributed by atoms with van der Waals surface area (Å²) in [6.07, 6.45) is 0.0669. The molecule has 1 aromatic rings. The van der Waals surface area contributed by atoms with E-state index in [9.17, 15) is 4.79 Å². The molecule has 0 heterocycles. The molecular weight excluding hydrogens is 256 g/mol. The summed E-state index contributed by atoms with van der Waals surface area (Å²) < 4.78 is 15.6. The third-order valence-corrected chi connectivity index (χ3v) is 3.08. The van der Waals surface area contributed by atoms with Crippen LogP contribution in [0.1, 0.15) is 12.5 Å². The molecule has 4 heteroatoms. The van der Waals surface area contributed by atoms with Crippen molar-refractivity contribution in [1.29, 1.82) is 0 Å². The first-order valence-corrected chi connectivity index (χ1v) is 6.59. The molecule has 1 atom stereocenters. The van der Waals surface area contributed by atoms with E-state index in [1.54, 1.807) is 21.1 Å². The van der Waals surface area contributed by atoms with Gasteiger partial charge in [0.2, 0.25) is 0 Å². The summed E-state index contributed by atoms with van der Waals surface area (Å²) in [7, 11) is 3.09. The number of methoxy groups -OCH3 is 2. The van der Waals surface area contributed by atoms with Crippen molar-refractivity contribution in [3.05, 3.63) is 48.0 Å². The van der Waals surface area contributed by atoms with Crippen LogP contribution in [-0.4, -0.2) is 33.1 Å². The van der Waals surface area contributed by atoms with Crippen LogP contribution in [-0.2, 0) is 25.4 Å². The lowest BCUT2D eigenvalue weighted by molar-refractivity contribution is -0.148. The molecule has 0 aliphatic heterocycles.